The summed E-state index contributed by atoms with van der Waals surface area (Å²) < 4.78 is 0. The Morgan fingerprint density at radius 1 is 1.28 bits per heavy atom. The van der Waals surface area contributed by atoms with E-state index in [0.717, 1.165) is 12.8 Å². The molecule has 3 nitrogen and oxygen atoms in total. The fraction of sp³-hybridized carbons (Fsp3) is 0.667. The smallest absolute Gasteiger partial charge is 0.180 e. The van der Waals surface area contributed by atoms with Crippen molar-refractivity contribution in [2.75, 3.05) is 0 Å². The van der Waals surface area contributed by atoms with Gasteiger partial charge in [-0.15, -0.1) is 0 Å². The molecule has 0 aromatic carbocycles. The summed E-state index contributed by atoms with van der Waals surface area (Å²) in [5.74, 6) is -0.000260. The minimum atomic E-state index is -0.340. The average Bonchev–Trinajstić information content (AvgIpc) is 2.29. The Labute approximate surface area is 109 Å². The maximum absolute atomic E-state index is 11.5. The minimum Gasteiger partial charge on any atom is -0.393 e. The van der Waals surface area contributed by atoms with Crippen molar-refractivity contribution in [1.82, 2.24) is 0 Å². The van der Waals surface area contributed by atoms with Crippen molar-refractivity contribution in [2.45, 2.75) is 58.2 Å². The summed E-state index contributed by atoms with van der Waals surface area (Å²) >= 11 is 0. The van der Waals surface area contributed by atoms with E-state index < -0.39 is 0 Å². The normalized spacial score (nSPS) is 27.3. The van der Waals surface area contributed by atoms with Gasteiger partial charge in [-0.3, -0.25) is 4.79 Å². The van der Waals surface area contributed by atoms with Crippen molar-refractivity contribution in [3.63, 3.8) is 0 Å². The molecule has 0 aromatic rings. The van der Waals surface area contributed by atoms with Crippen LogP contribution in [0.2, 0.25) is 0 Å². The molecule has 0 bridgehead atoms. The van der Waals surface area contributed by atoms with E-state index in [-0.39, 0.29) is 23.4 Å². The predicted molar refractivity (Wildman–Crippen MR) is 72.2 cm³/mol. The van der Waals surface area contributed by atoms with Crippen LogP contribution in [0, 0.1) is 5.41 Å². The molecule has 3 heteroatoms. The Kier molecular flexibility index (Phi) is 5.29. The van der Waals surface area contributed by atoms with Gasteiger partial charge in [0.1, 0.15) is 0 Å². The number of aliphatic hydroxyl groups excluding tert-OH is 2. The van der Waals surface area contributed by atoms with E-state index in [4.69, 9.17) is 0 Å². The fourth-order valence-corrected chi connectivity index (χ4v) is 2.40. The summed E-state index contributed by atoms with van der Waals surface area (Å²) in [7, 11) is 0. The zero-order valence-corrected chi connectivity index (χ0v) is 11.4. The predicted octanol–water partition coefficient (Wildman–Crippen LogP) is 2.38. The van der Waals surface area contributed by atoms with E-state index in [0.29, 0.717) is 24.8 Å². The van der Waals surface area contributed by atoms with Crippen LogP contribution in [-0.2, 0) is 4.79 Å². The summed E-state index contributed by atoms with van der Waals surface area (Å²) in [6, 6.07) is 0. The number of aliphatic hydroxyl groups is 2. The highest BCUT2D eigenvalue weighted by Gasteiger charge is 2.32. The summed E-state index contributed by atoms with van der Waals surface area (Å²) in [5, 5.41) is 18.9. The molecular formula is C15H24O3. The van der Waals surface area contributed by atoms with Crippen LogP contribution in [0.4, 0.5) is 0 Å². The van der Waals surface area contributed by atoms with Gasteiger partial charge in [0.15, 0.2) is 5.78 Å². The standard InChI is InChI=1S/C15H24O3/c1-11-10-15(7-4-12(2)16,8-5-13(3)17)9-6-14(11)18/h6,9,12-13,16-17H,1,4-5,7-8,10H2,2-3H3. The first-order chi connectivity index (χ1) is 8.34. The molecule has 2 unspecified atom stereocenters. The van der Waals surface area contributed by atoms with E-state index in [1.54, 1.807) is 19.9 Å². The van der Waals surface area contributed by atoms with Gasteiger partial charge in [-0.25, -0.2) is 0 Å². The minimum absolute atomic E-state index is 0.000260. The molecule has 2 atom stereocenters. The van der Waals surface area contributed by atoms with Gasteiger partial charge in [0.25, 0.3) is 0 Å². The van der Waals surface area contributed by atoms with Crippen molar-refractivity contribution < 1.29 is 15.0 Å². The molecule has 0 heterocycles. The van der Waals surface area contributed by atoms with Crippen molar-refractivity contribution in [3.05, 3.63) is 24.3 Å². The average molecular weight is 252 g/mol. The van der Waals surface area contributed by atoms with Crippen LogP contribution < -0.4 is 0 Å². The number of carbonyl (C=O) groups is 1. The van der Waals surface area contributed by atoms with Crippen LogP contribution in [0.5, 0.6) is 0 Å². The molecular weight excluding hydrogens is 228 g/mol. The Bertz CT molecular complexity index is 328. The maximum atomic E-state index is 11.5. The van der Waals surface area contributed by atoms with Crippen molar-refractivity contribution in [3.8, 4) is 0 Å². The quantitative estimate of drug-likeness (QED) is 0.714. The van der Waals surface area contributed by atoms with Gasteiger partial charge in [0.05, 0.1) is 12.2 Å². The zero-order chi connectivity index (χ0) is 13.8. The molecule has 0 spiro atoms. The Balaban J connectivity index is 2.77. The van der Waals surface area contributed by atoms with Crippen LogP contribution in [-0.4, -0.2) is 28.2 Å². The molecule has 0 aromatic heterocycles. The molecule has 18 heavy (non-hydrogen) atoms. The number of hydrogen-bond donors (Lipinski definition) is 2. The highest BCUT2D eigenvalue weighted by atomic mass is 16.3. The maximum Gasteiger partial charge on any atom is 0.180 e. The first-order valence-electron chi connectivity index (χ1n) is 6.62. The lowest BCUT2D eigenvalue weighted by atomic mass is 9.70. The molecule has 2 N–H and O–H groups in total. The third-order valence-corrected chi connectivity index (χ3v) is 3.62. The lowest BCUT2D eigenvalue weighted by Crippen LogP contribution is -2.27. The number of carbonyl (C=O) groups excluding carboxylic acids is 1. The molecule has 1 aliphatic carbocycles. The van der Waals surface area contributed by atoms with Crippen LogP contribution >= 0.6 is 0 Å². The van der Waals surface area contributed by atoms with E-state index in [2.05, 4.69) is 6.58 Å². The number of hydrogen-bond acceptors (Lipinski definition) is 3. The summed E-state index contributed by atoms with van der Waals surface area (Å²) in [6.45, 7) is 7.36. The van der Waals surface area contributed by atoms with Gasteiger partial charge in [0, 0.05) is 0 Å². The molecule has 0 saturated carbocycles. The molecule has 0 radical (unpaired) electrons. The second kappa shape index (κ2) is 6.30. The highest BCUT2D eigenvalue weighted by Crippen LogP contribution is 2.41. The molecule has 1 aliphatic rings. The van der Waals surface area contributed by atoms with E-state index in [1.807, 2.05) is 6.08 Å². The summed E-state index contributed by atoms with van der Waals surface area (Å²) in [6.07, 6.45) is 6.55. The second-order valence-corrected chi connectivity index (χ2v) is 5.62. The van der Waals surface area contributed by atoms with Crippen LogP contribution in [0.1, 0.15) is 46.0 Å². The summed E-state index contributed by atoms with van der Waals surface area (Å²) in [5.41, 5.74) is 0.507. The third-order valence-electron chi connectivity index (χ3n) is 3.62. The number of ketones is 1. The Morgan fingerprint density at radius 2 is 1.78 bits per heavy atom. The van der Waals surface area contributed by atoms with Crippen LogP contribution in [0.3, 0.4) is 0 Å². The first kappa shape index (κ1) is 15.1. The van der Waals surface area contributed by atoms with Crippen molar-refractivity contribution >= 4 is 5.78 Å². The Morgan fingerprint density at radius 3 is 2.17 bits per heavy atom. The zero-order valence-electron chi connectivity index (χ0n) is 11.4. The molecule has 0 saturated heterocycles. The monoisotopic (exact) mass is 252 g/mol. The first-order valence-corrected chi connectivity index (χ1v) is 6.62. The van der Waals surface area contributed by atoms with Gasteiger partial charge in [-0.1, -0.05) is 12.7 Å². The number of allylic oxidation sites excluding steroid dienone is 3. The van der Waals surface area contributed by atoms with Gasteiger partial charge in [-0.2, -0.15) is 0 Å². The SMILES string of the molecule is C=C1CC(CCC(C)O)(CCC(C)O)C=CC1=O. The number of rotatable bonds is 6. The van der Waals surface area contributed by atoms with Gasteiger partial charge < -0.3 is 10.2 Å². The second-order valence-electron chi connectivity index (χ2n) is 5.62. The van der Waals surface area contributed by atoms with Crippen LogP contribution in [0.25, 0.3) is 0 Å². The van der Waals surface area contributed by atoms with Crippen LogP contribution in [0.15, 0.2) is 24.3 Å². The summed E-state index contributed by atoms with van der Waals surface area (Å²) in [4.78, 5) is 11.5. The van der Waals surface area contributed by atoms with Crippen molar-refractivity contribution in [1.29, 1.82) is 0 Å². The van der Waals surface area contributed by atoms with E-state index >= 15 is 0 Å². The lowest BCUT2D eigenvalue weighted by molar-refractivity contribution is -0.112. The molecule has 0 amide bonds. The van der Waals surface area contributed by atoms with Gasteiger partial charge >= 0.3 is 0 Å². The van der Waals surface area contributed by atoms with Crippen molar-refractivity contribution in [2.24, 2.45) is 5.41 Å². The topological polar surface area (TPSA) is 57.5 Å². The third kappa shape index (κ3) is 4.39. The fourth-order valence-electron chi connectivity index (χ4n) is 2.40. The van der Waals surface area contributed by atoms with E-state index in [9.17, 15) is 15.0 Å². The largest absolute Gasteiger partial charge is 0.393 e. The molecule has 0 aliphatic heterocycles. The molecule has 1 rings (SSSR count). The molecule has 102 valence electrons. The van der Waals surface area contributed by atoms with Gasteiger partial charge in [0.2, 0.25) is 0 Å². The van der Waals surface area contributed by atoms with Gasteiger partial charge in [-0.05, 0) is 63.0 Å². The molecule has 0 fully saturated rings. The Hall–Kier alpha value is -0.930. The highest BCUT2D eigenvalue weighted by molar-refractivity contribution is 6.04. The van der Waals surface area contributed by atoms with E-state index in [1.165, 1.54) is 0 Å². The lowest BCUT2D eigenvalue weighted by Gasteiger charge is -2.34.